The van der Waals surface area contributed by atoms with Gasteiger partial charge in [-0.2, -0.15) is 0 Å². The van der Waals surface area contributed by atoms with Crippen LogP contribution in [-0.2, 0) is 14.9 Å². The molecule has 1 amide bonds. The summed E-state index contributed by atoms with van der Waals surface area (Å²) >= 11 is 0. The van der Waals surface area contributed by atoms with E-state index in [-0.39, 0.29) is 34.6 Å². The number of aromatic amines is 2. The Hall–Kier alpha value is -4.48. The van der Waals surface area contributed by atoms with Gasteiger partial charge in [0.25, 0.3) is 0 Å². The lowest BCUT2D eigenvalue weighted by Gasteiger charge is -2.47. The number of alkyl carbamates (subject to hydrolysis) is 1. The lowest BCUT2D eigenvalue weighted by Crippen LogP contribution is -2.54. The number of fused-ring (bicyclic) bond motifs is 1. The van der Waals surface area contributed by atoms with Crippen molar-refractivity contribution in [1.29, 1.82) is 0 Å². The van der Waals surface area contributed by atoms with Gasteiger partial charge in [-0.05, 0) is 71.1 Å². The first-order valence-electron chi connectivity index (χ1n) is 17.4. The van der Waals surface area contributed by atoms with E-state index in [9.17, 15) is 19.8 Å². The number of aliphatic hydroxyl groups excluding tert-OH is 1. The van der Waals surface area contributed by atoms with Crippen LogP contribution in [0.25, 0.3) is 33.6 Å². The van der Waals surface area contributed by atoms with Gasteiger partial charge in [-0.25, -0.2) is 14.8 Å². The summed E-state index contributed by atoms with van der Waals surface area (Å²) in [4.78, 5) is 42.6. The van der Waals surface area contributed by atoms with Crippen molar-refractivity contribution in [3.05, 3.63) is 72.6 Å². The third-order valence-electron chi connectivity index (χ3n) is 12.5. The van der Waals surface area contributed by atoms with Crippen molar-refractivity contribution in [2.45, 2.75) is 70.2 Å². The van der Waals surface area contributed by atoms with Crippen LogP contribution in [0.4, 0.5) is 4.79 Å². The summed E-state index contributed by atoms with van der Waals surface area (Å²) in [5, 5.41) is 24.1. The zero-order valence-corrected chi connectivity index (χ0v) is 28.3. The molecular weight excluding hydrogens is 620 g/mol. The summed E-state index contributed by atoms with van der Waals surface area (Å²) in [6.07, 6.45) is 6.13. The average molecular weight is 665 g/mol. The van der Waals surface area contributed by atoms with Crippen LogP contribution in [0.5, 0.6) is 0 Å². The van der Waals surface area contributed by atoms with Crippen LogP contribution >= 0.6 is 0 Å². The molecule has 4 aromatic rings. The molecule has 1 aliphatic heterocycles. The normalized spacial score (nSPS) is 29.7. The molecule has 11 heteroatoms. The number of carboxylic acids is 1. The number of amides is 1. The van der Waals surface area contributed by atoms with E-state index in [1.807, 2.05) is 31.1 Å². The first-order valence-corrected chi connectivity index (χ1v) is 17.4. The highest BCUT2D eigenvalue weighted by molar-refractivity contribution is 5.80. The number of carbonyl (C=O) groups is 2. The maximum Gasteiger partial charge on any atom is 0.407 e. The summed E-state index contributed by atoms with van der Waals surface area (Å²) in [6, 6.07) is 16.1. The number of nitrogens with one attached hydrogen (secondary N) is 3. The molecular formula is C38H44N6O5. The van der Waals surface area contributed by atoms with E-state index < -0.39 is 24.3 Å². The number of methoxy groups -OCH3 is 1. The van der Waals surface area contributed by atoms with Gasteiger partial charge in [0.1, 0.15) is 17.9 Å². The SMILES string of the molecule is COC(=O)N[C@@H](C(C)C)C(O)N1CCC[C@H]1c1ncc(-c2ccc(-c3ccc(-c4cnc([C@]56[C@H](C(=O)O)[C@@H]7CC[C@H]5[C@@]76C)[nH]4)cc3)cc2)[nH]1. The molecule has 11 nitrogen and oxygen atoms in total. The van der Waals surface area contributed by atoms with E-state index >= 15 is 0 Å². The molecule has 3 aliphatic carbocycles. The maximum atomic E-state index is 12.2. The van der Waals surface area contributed by atoms with Crippen LogP contribution in [-0.4, -0.2) is 73.0 Å². The molecule has 8 atom stereocenters. The van der Waals surface area contributed by atoms with Gasteiger partial charge in [0.05, 0.1) is 54.3 Å². The predicted octanol–water partition coefficient (Wildman–Crippen LogP) is 5.97. The summed E-state index contributed by atoms with van der Waals surface area (Å²) in [5.41, 5.74) is 5.75. The Bertz CT molecular complexity index is 1880. The minimum Gasteiger partial charge on any atom is -0.481 e. The molecule has 2 aromatic carbocycles. The molecule has 5 N–H and O–H groups in total. The number of aliphatic carboxylic acids is 1. The van der Waals surface area contributed by atoms with Crippen molar-refractivity contribution in [2.75, 3.05) is 13.7 Å². The fourth-order valence-electron chi connectivity index (χ4n) is 10.1. The van der Waals surface area contributed by atoms with Crippen molar-refractivity contribution < 1.29 is 24.5 Å². The average Bonchev–Trinajstić information content (AvgIpc) is 3.84. The number of imidazole rings is 2. The molecule has 49 heavy (non-hydrogen) atoms. The number of ether oxygens (including phenoxy) is 1. The van der Waals surface area contributed by atoms with E-state index in [1.54, 1.807) is 0 Å². The molecule has 0 radical (unpaired) electrons. The number of carboxylic acid groups (broad SMARTS) is 1. The molecule has 0 bridgehead atoms. The highest BCUT2D eigenvalue weighted by Crippen LogP contribution is 2.91. The van der Waals surface area contributed by atoms with Gasteiger partial charge < -0.3 is 30.2 Å². The molecule has 2 aromatic heterocycles. The predicted molar refractivity (Wildman–Crippen MR) is 183 cm³/mol. The Kier molecular flexibility index (Phi) is 7.49. The molecule has 8 rings (SSSR count). The number of carbonyl (C=O) groups excluding carboxylic acids is 1. The highest BCUT2D eigenvalue weighted by Gasteiger charge is 2.93. The third-order valence-corrected chi connectivity index (χ3v) is 12.5. The van der Waals surface area contributed by atoms with Crippen LogP contribution in [0, 0.1) is 29.1 Å². The number of aliphatic hydroxyl groups is 1. The van der Waals surface area contributed by atoms with Gasteiger partial charge in [-0.15, -0.1) is 0 Å². The topological polar surface area (TPSA) is 156 Å². The standard InChI is InChI=1S/C38H44N6O5/c1-20(2)31(43-36(48)49-4)33(45)44-17-5-6-28(44)32-39-18-26(41-32)23-11-7-21(8-12-23)22-9-13-24(14-10-22)27-19-40-35(42-27)38-29-16-15-25(37(29,38)3)30(38)34(46)47/h7-14,18-20,25,28-31,33,45H,5-6,15-17H2,1-4H3,(H,39,41)(H,40,42)(H,43,48)(H,46,47)/t25-,28-,29-,30-,31-,33?,37+,38+/m0/s1. The fraction of sp³-hybridized carbons (Fsp3) is 0.474. The van der Waals surface area contributed by atoms with Gasteiger partial charge in [-0.3, -0.25) is 9.69 Å². The molecule has 4 aliphatic rings. The Morgan fingerprint density at radius 2 is 1.55 bits per heavy atom. The number of rotatable bonds is 10. The first-order chi connectivity index (χ1) is 23.6. The summed E-state index contributed by atoms with van der Waals surface area (Å²) < 4.78 is 4.79. The number of hydrogen-bond acceptors (Lipinski definition) is 7. The van der Waals surface area contributed by atoms with Crippen molar-refractivity contribution in [3.63, 3.8) is 0 Å². The third kappa shape index (κ3) is 4.61. The van der Waals surface area contributed by atoms with E-state index in [2.05, 4.69) is 70.7 Å². The van der Waals surface area contributed by atoms with Crippen molar-refractivity contribution >= 4 is 12.1 Å². The van der Waals surface area contributed by atoms with E-state index in [0.29, 0.717) is 12.5 Å². The minimum atomic E-state index is -0.878. The van der Waals surface area contributed by atoms with Gasteiger partial charge in [0.2, 0.25) is 0 Å². The van der Waals surface area contributed by atoms with Crippen LogP contribution < -0.4 is 5.32 Å². The quantitative estimate of drug-likeness (QED) is 0.139. The van der Waals surface area contributed by atoms with Gasteiger partial charge in [0.15, 0.2) is 0 Å². The Morgan fingerprint density at radius 3 is 2.14 bits per heavy atom. The molecule has 3 saturated carbocycles. The lowest BCUT2D eigenvalue weighted by atomic mass is 9.55. The second-order valence-electron chi connectivity index (χ2n) is 14.9. The van der Waals surface area contributed by atoms with E-state index in [1.165, 1.54) is 7.11 Å². The highest BCUT2D eigenvalue weighted by atomic mass is 16.5. The Morgan fingerprint density at radius 1 is 0.939 bits per heavy atom. The summed E-state index contributed by atoms with van der Waals surface area (Å²) in [5.74, 6) is 1.29. The number of benzene rings is 2. The fourth-order valence-corrected chi connectivity index (χ4v) is 10.1. The molecule has 0 spiro atoms. The van der Waals surface area contributed by atoms with Crippen LogP contribution in [0.15, 0.2) is 60.9 Å². The van der Waals surface area contributed by atoms with Crippen molar-refractivity contribution in [2.24, 2.45) is 29.1 Å². The van der Waals surface area contributed by atoms with Crippen LogP contribution in [0.1, 0.15) is 64.1 Å². The number of hydrogen-bond donors (Lipinski definition) is 5. The molecule has 3 heterocycles. The van der Waals surface area contributed by atoms with Crippen LogP contribution in [0.2, 0.25) is 0 Å². The van der Waals surface area contributed by atoms with Crippen molar-refractivity contribution in [1.82, 2.24) is 30.2 Å². The zero-order valence-electron chi connectivity index (χ0n) is 28.3. The van der Waals surface area contributed by atoms with Crippen LogP contribution in [0.3, 0.4) is 0 Å². The second-order valence-corrected chi connectivity index (χ2v) is 14.9. The first kappa shape index (κ1) is 31.8. The number of likely N-dealkylation sites (tertiary alicyclic amines) is 1. The smallest absolute Gasteiger partial charge is 0.407 e. The van der Waals surface area contributed by atoms with Gasteiger partial charge >= 0.3 is 12.1 Å². The Balaban J connectivity index is 0.948. The summed E-state index contributed by atoms with van der Waals surface area (Å²) in [7, 11) is 1.32. The largest absolute Gasteiger partial charge is 0.481 e. The molecule has 1 unspecified atom stereocenters. The maximum absolute atomic E-state index is 12.2. The number of nitrogens with zero attached hydrogens (tertiary/aromatic N) is 3. The molecule has 256 valence electrons. The Labute approximate surface area is 285 Å². The minimum absolute atomic E-state index is 0.00472. The van der Waals surface area contributed by atoms with E-state index in [4.69, 9.17) is 14.7 Å². The lowest BCUT2D eigenvalue weighted by molar-refractivity contribution is -0.154. The second kappa shape index (κ2) is 11.6. The zero-order chi connectivity index (χ0) is 34.2. The van der Waals surface area contributed by atoms with Gasteiger partial charge in [-0.1, -0.05) is 69.3 Å². The van der Waals surface area contributed by atoms with Gasteiger partial charge in [0, 0.05) is 6.54 Å². The molecule has 4 fully saturated rings. The monoisotopic (exact) mass is 664 g/mol. The number of aromatic nitrogens is 4. The van der Waals surface area contributed by atoms with E-state index in [0.717, 1.165) is 71.0 Å². The molecule has 1 saturated heterocycles. The number of H-pyrrole nitrogens is 2. The van der Waals surface area contributed by atoms with Crippen molar-refractivity contribution in [3.8, 4) is 33.6 Å². The summed E-state index contributed by atoms with van der Waals surface area (Å²) in [6.45, 7) is 6.89.